The second kappa shape index (κ2) is 7.92. The molecule has 7 nitrogen and oxygen atoms in total. The fourth-order valence-electron chi connectivity index (χ4n) is 2.48. The average molecular weight is 305 g/mol. The highest BCUT2D eigenvalue weighted by Crippen LogP contribution is 2.09. The molecule has 1 aliphatic heterocycles. The number of nitriles is 1. The molecule has 0 aliphatic carbocycles. The molecule has 2 heterocycles. The Bertz CT molecular complexity index is 528. The first kappa shape index (κ1) is 16.5. The van der Waals surface area contributed by atoms with Gasteiger partial charge in [0, 0.05) is 52.4 Å². The molecule has 1 aliphatic rings. The molecular weight excluding hydrogens is 282 g/mol. The SMILES string of the molecule is Cc1cc(CN2CCN(CC(=O)N(C)CCC#N)CC2)no1. The number of aryl methyl sites for hydroxylation is 1. The monoisotopic (exact) mass is 305 g/mol. The minimum absolute atomic E-state index is 0.0795. The molecular formula is C15H23N5O2. The first-order valence-corrected chi connectivity index (χ1v) is 7.56. The molecule has 1 amide bonds. The highest BCUT2D eigenvalue weighted by molar-refractivity contribution is 5.78. The molecule has 0 aromatic carbocycles. The van der Waals surface area contributed by atoms with Crippen LogP contribution in [0, 0.1) is 18.3 Å². The van der Waals surface area contributed by atoms with Crippen molar-refractivity contribution in [3.63, 3.8) is 0 Å². The molecule has 22 heavy (non-hydrogen) atoms. The van der Waals surface area contributed by atoms with Crippen LogP contribution in [0.4, 0.5) is 0 Å². The molecule has 0 unspecified atom stereocenters. The van der Waals surface area contributed by atoms with E-state index in [1.54, 1.807) is 11.9 Å². The van der Waals surface area contributed by atoms with Crippen LogP contribution in [-0.2, 0) is 11.3 Å². The maximum atomic E-state index is 12.0. The van der Waals surface area contributed by atoms with Gasteiger partial charge in [-0.05, 0) is 6.92 Å². The van der Waals surface area contributed by atoms with Gasteiger partial charge in [0.1, 0.15) is 5.76 Å². The molecule has 2 rings (SSSR count). The molecule has 0 spiro atoms. The van der Waals surface area contributed by atoms with Crippen molar-refractivity contribution >= 4 is 5.91 Å². The maximum absolute atomic E-state index is 12.0. The fourth-order valence-corrected chi connectivity index (χ4v) is 2.48. The summed E-state index contributed by atoms with van der Waals surface area (Å²) in [5, 5.41) is 12.6. The summed E-state index contributed by atoms with van der Waals surface area (Å²) in [6.07, 6.45) is 0.382. The Morgan fingerprint density at radius 3 is 2.68 bits per heavy atom. The predicted molar refractivity (Wildman–Crippen MR) is 80.8 cm³/mol. The highest BCUT2D eigenvalue weighted by atomic mass is 16.5. The molecule has 0 N–H and O–H groups in total. The molecule has 7 heteroatoms. The van der Waals surface area contributed by atoms with Gasteiger partial charge in [-0.2, -0.15) is 5.26 Å². The number of carbonyl (C=O) groups excluding carboxylic acids is 1. The smallest absolute Gasteiger partial charge is 0.236 e. The second-order valence-corrected chi connectivity index (χ2v) is 5.70. The molecule has 0 radical (unpaired) electrons. The lowest BCUT2D eigenvalue weighted by atomic mass is 10.2. The third-order valence-corrected chi connectivity index (χ3v) is 3.87. The topological polar surface area (TPSA) is 76.6 Å². The summed E-state index contributed by atoms with van der Waals surface area (Å²) in [6, 6.07) is 4.02. The largest absolute Gasteiger partial charge is 0.361 e. The number of aromatic nitrogens is 1. The van der Waals surface area contributed by atoms with E-state index < -0.39 is 0 Å². The van der Waals surface area contributed by atoms with Crippen molar-refractivity contribution in [2.75, 3.05) is 46.3 Å². The summed E-state index contributed by atoms with van der Waals surface area (Å²) in [4.78, 5) is 18.1. The van der Waals surface area contributed by atoms with Crippen molar-refractivity contribution in [1.82, 2.24) is 19.9 Å². The standard InChI is InChI=1S/C15H23N5O2/c1-13-10-14(17-22-13)11-19-6-8-20(9-7-19)12-15(21)18(2)5-3-4-16/h10H,3,5-9,11-12H2,1-2H3. The Balaban J connectivity index is 1.70. The van der Waals surface area contributed by atoms with Gasteiger partial charge in [-0.1, -0.05) is 5.16 Å². The number of carbonyl (C=O) groups is 1. The van der Waals surface area contributed by atoms with Gasteiger partial charge in [-0.15, -0.1) is 0 Å². The van der Waals surface area contributed by atoms with Gasteiger partial charge in [0.05, 0.1) is 24.7 Å². The maximum Gasteiger partial charge on any atom is 0.236 e. The number of piperazine rings is 1. The summed E-state index contributed by atoms with van der Waals surface area (Å²) in [6.45, 7) is 7.19. The summed E-state index contributed by atoms with van der Waals surface area (Å²) in [5.41, 5.74) is 0.957. The van der Waals surface area contributed by atoms with E-state index in [1.807, 2.05) is 13.0 Å². The van der Waals surface area contributed by atoms with Crippen LogP contribution in [0.1, 0.15) is 17.9 Å². The Hall–Kier alpha value is -1.91. The summed E-state index contributed by atoms with van der Waals surface area (Å²) in [7, 11) is 1.75. The van der Waals surface area contributed by atoms with Crippen LogP contribution in [0.25, 0.3) is 0 Å². The lowest BCUT2D eigenvalue weighted by Crippen LogP contribution is -2.49. The van der Waals surface area contributed by atoms with Gasteiger partial charge in [0.25, 0.3) is 0 Å². The lowest BCUT2D eigenvalue weighted by Gasteiger charge is -2.34. The van der Waals surface area contributed by atoms with Crippen LogP contribution in [0.3, 0.4) is 0 Å². The Morgan fingerprint density at radius 1 is 1.41 bits per heavy atom. The van der Waals surface area contributed by atoms with Crippen LogP contribution in [0.15, 0.2) is 10.6 Å². The Labute approximate surface area is 131 Å². The molecule has 1 saturated heterocycles. The van der Waals surface area contributed by atoms with Crippen molar-refractivity contribution < 1.29 is 9.32 Å². The third kappa shape index (κ3) is 4.83. The van der Waals surface area contributed by atoms with Crippen LogP contribution in [0.2, 0.25) is 0 Å². The highest BCUT2D eigenvalue weighted by Gasteiger charge is 2.21. The van der Waals surface area contributed by atoms with Crippen LogP contribution >= 0.6 is 0 Å². The number of hydrogen-bond acceptors (Lipinski definition) is 6. The van der Waals surface area contributed by atoms with Gasteiger partial charge in [0.2, 0.25) is 5.91 Å². The van der Waals surface area contributed by atoms with E-state index >= 15 is 0 Å². The predicted octanol–water partition coefficient (Wildman–Crippen LogP) is 0.473. The van der Waals surface area contributed by atoms with Gasteiger partial charge in [-0.3, -0.25) is 14.6 Å². The van der Waals surface area contributed by atoms with Crippen molar-refractivity contribution in [1.29, 1.82) is 5.26 Å². The van der Waals surface area contributed by atoms with Crippen LogP contribution < -0.4 is 0 Å². The zero-order valence-corrected chi connectivity index (χ0v) is 13.3. The van der Waals surface area contributed by atoms with Gasteiger partial charge in [-0.25, -0.2) is 0 Å². The number of amides is 1. The van der Waals surface area contributed by atoms with Crippen molar-refractivity contribution in [2.24, 2.45) is 0 Å². The fraction of sp³-hybridized carbons (Fsp3) is 0.667. The normalized spacial score (nSPS) is 16.4. The summed E-state index contributed by atoms with van der Waals surface area (Å²) in [5.74, 6) is 0.912. The molecule has 0 saturated carbocycles. The third-order valence-electron chi connectivity index (χ3n) is 3.87. The van der Waals surface area contributed by atoms with E-state index in [0.717, 1.165) is 44.2 Å². The quantitative estimate of drug-likeness (QED) is 0.760. The molecule has 120 valence electrons. The van der Waals surface area contributed by atoms with E-state index in [9.17, 15) is 4.79 Å². The van der Waals surface area contributed by atoms with Crippen molar-refractivity contribution in [2.45, 2.75) is 19.9 Å². The van der Waals surface area contributed by atoms with E-state index in [2.05, 4.69) is 21.0 Å². The Morgan fingerprint density at radius 2 is 2.09 bits per heavy atom. The van der Waals surface area contributed by atoms with Gasteiger partial charge in [0.15, 0.2) is 0 Å². The van der Waals surface area contributed by atoms with Crippen molar-refractivity contribution in [3.8, 4) is 6.07 Å². The van der Waals surface area contributed by atoms with E-state index in [1.165, 1.54) is 0 Å². The average Bonchev–Trinajstić information content (AvgIpc) is 2.91. The number of likely N-dealkylation sites (N-methyl/N-ethyl adjacent to an activating group) is 1. The second-order valence-electron chi connectivity index (χ2n) is 5.70. The van der Waals surface area contributed by atoms with E-state index in [-0.39, 0.29) is 5.91 Å². The zero-order valence-electron chi connectivity index (χ0n) is 13.3. The Kier molecular flexibility index (Phi) is 5.92. The number of rotatable bonds is 6. The van der Waals surface area contributed by atoms with Crippen LogP contribution in [0.5, 0.6) is 0 Å². The first-order chi connectivity index (χ1) is 10.6. The molecule has 1 aromatic rings. The minimum Gasteiger partial charge on any atom is -0.361 e. The molecule has 1 fully saturated rings. The number of nitrogens with zero attached hydrogens (tertiary/aromatic N) is 5. The van der Waals surface area contributed by atoms with Gasteiger partial charge < -0.3 is 9.42 Å². The first-order valence-electron chi connectivity index (χ1n) is 7.56. The zero-order chi connectivity index (χ0) is 15.9. The lowest BCUT2D eigenvalue weighted by molar-refractivity contribution is -0.131. The summed E-state index contributed by atoms with van der Waals surface area (Å²) >= 11 is 0. The van der Waals surface area contributed by atoms with E-state index in [0.29, 0.717) is 19.5 Å². The molecule has 0 bridgehead atoms. The summed E-state index contributed by atoms with van der Waals surface area (Å²) < 4.78 is 5.08. The van der Waals surface area contributed by atoms with E-state index in [4.69, 9.17) is 9.78 Å². The van der Waals surface area contributed by atoms with Gasteiger partial charge >= 0.3 is 0 Å². The molecule has 1 aromatic heterocycles. The van der Waals surface area contributed by atoms with Crippen LogP contribution in [-0.4, -0.2) is 72.1 Å². The minimum atomic E-state index is 0.0795. The number of hydrogen-bond donors (Lipinski definition) is 0. The van der Waals surface area contributed by atoms with Crippen molar-refractivity contribution in [3.05, 3.63) is 17.5 Å². The molecule has 0 atom stereocenters.